The van der Waals surface area contributed by atoms with Crippen molar-refractivity contribution in [3.8, 4) is 0 Å². The molecule has 0 bridgehead atoms. The molecule has 3 nitrogen and oxygen atoms in total. The molecule has 1 rings (SSSR count). The summed E-state index contributed by atoms with van der Waals surface area (Å²) < 4.78 is 0. The Hall–Kier alpha value is -0.640. The number of nitrogens with two attached hydrogens (primary N) is 1. The van der Waals surface area contributed by atoms with Gasteiger partial charge in [-0.1, -0.05) is 33.0 Å². The third kappa shape index (κ3) is 3.44. The van der Waals surface area contributed by atoms with E-state index in [-0.39, 0.29) is 11.9 Å². The molecule has 0 radical (unpaired) electrons. The minimum Gasteiger partial charge on any atom is -0.392 e. The first-order valence-electron chi connectivity index (χ1n) is 6.82. The number of hydrogen-bond donors (Lipinski definition) is 2. The third-order valence-corrected chi connectivity index (χ3v) is 4.88. The van der Waals surface area contributed by atoms with Crippen molar-refractivity contribution in [3.05, 3.63) is 0 Å². The third-order valence-electron chi connectivity index (χ3n) is 4.43. The van der Waals surface area contributed by atoms with E-state index in [4.69, 9.17) is 18.0 Å². The molecule has 0 saturated heterocycles. The maximum atomic E-state index is 12.3. The van der Waals surface area contributed by atoms with Gasteiger partial charge in [-0.15, -0.1) is 0 Å². The zero-order valence-corrected chi connectivity index (χ0v) is 12.8. The number of hydrogen-bond acceptors (Lipinski definition) is 2. The van der Waals surface area contributed by atoms with Gasteiger partial charge in [-0.05, 0) is 44.4 Å². The minimum atomic E-state index is -0.706. The highest BCUT2D eigenvalue weighted by Gasteiger charge is 2.36. The summed E-state index contributed by atoms with van der Waals surface area (Å²) in [6.07, 6.45) is 5.07. The minimum absolute atomic E-state index is 0.0118. The molecule has 1 fully saturated rings. The van der Waals surface area contributed by atoms with E-state index < -0.39 is 5.41 Å². The monoisotopic (exact) mass is 270 g/mol. The van der Waals surface area contributed by atoms with E-state index in [1.807, 2.05) is 13.8 Å². The van der Waals surface area contributed by atoms with Crippen LogP contribution in [0.2, 0.25) is 0 Å². The maximum absolute atomic E-state index is 12.3. The van der Waals surface area contributed by atoms with Gasteiger partial charge >= 0.3 is 0 Å². The fourth-order valence-corrected chi connectivity index (χ4v) is 2.57. The lowest BCUT2D eigenvalue weighted by atomic mass is 9.75. The van der Waals surface area contributed by atoms with Crippen LogP contribution in [0.25, 0.3) is 0 Å². The molecule has 0 aromatic rings. The van der Waals surface area contributed by atoms with Gasteiger partial charge in [0.25, 0.3) is 0 Å². The van der Waals surface area contributed by atoms with Crippen LogP contribution in [-0.2, 0) is 4.79 Å². The molecular weight excluding hydrogens is 244 g/mol. The molecule has 4 heteroatoms. The van der Waals surface area contributed by atoms with Crippen LogP contribution < -0.4 is 11.1 Å². The maximum Gasteiger partial charge on any atom is 0.232 e. The highest BCUT2D eigenvalue weighted by atomic mass is 32.1. The lowest BCUT2D eigenvalue weighted by Crippen LogP contribution is -2.50. The Morgan fingerprint density at radius 2 is 1.94 bits per heavy atom. The van der Waals surface area contributed by atoms with Crippen LogP contribution in [-0.4, -0.2) is 16.9 Å². The van der Waals surface area contributed by atoms with Crippen molar-refractivity contribution >= 4 is 23.1 Å². The first-order chi connectivity index (χ1) is 8.21. The van der Waals surface area contributed by atoms with Crippen molar-refractivity contribution in [2.75, 3.05) is 0 Å². The quantitative estimate of drug-likeness (QED) is 0.772. The van der Waals surface area contributed by atoms with Crippen LogP contribution in [0.5, 0.6) is 0 Å². The number of carbonyl (C=O) groups is 1. The molecule has 18 heavy (non-hydrogen) atoms. The molecular formula is C14H26N2OS. The fraction of sp³-hybridized carbons (Fsp3) is 0.857. The van der Waals surface area contributed by atoms with E-state index in [9.17, 15) is 4.79 Å². The van der Waals surface area contributed by atoms with Crippen LogP contribution >= 0.6 is 12.2 Å². The summed E-state index contributed by atoms with van der Waals surface area (Å²) in [6.45, 7) is 8.35. The molecule has 1 atom stereocenters. The number of thiocarbonyl (C=S) groups is 1. The Balaban J connectivity index is 2.58. The molecule has 0 heterocycles. The van der Waals surface area contributed by atoms with Gasteiger partial charge in [0.15, 0.2) is 0 Å². The average Bonchev–Trinajstić information content (AvgIpc) is 2.30. The van der Waals surface area contributed by atoms with Crippen LogP contribution in [0.1, 0.15) is 59.8 Å². The Kier molecular flexibility index (Phi) is 4.76. The predicted octanol–water partition coefficient (Wildman–Crippen LogP) is 2.77. The van der Waals surface area contributed by atoms with Gasteiger partial charge in [-0.3, -0.25) is 4.79 Å². The van der Waals surface area contributed by atoms with E-state index >= 15 is 0 Å². The van der Waals surface area contributed by atoms with Crippen molar-refractivity contribution in [1.82, 2.24) is 5.32 Å². The molecule has 1 unspecified atom stereocenters. The number of nitrogens with one attached hydrogen (secondary N) is 1. The predicted molar refractivity (Wildman–Crippen MR) is 79.4 cm³/mol. The Morgan fingerprint density at radius 1 is 1.44 bits per heavy atom. The second-order valence-corrected chi connectivity index (χ2v) is 6.90. The summed E-state index contributed by atoms with van der Waals surface area (Å²) in [6, 6.07) is 0.283. The van der Waals surface area contributed by atoms with Gasteiger partial charge in [0, 0.05) is 6.04 Å². The molecule has 0 spiro atoms. The van der Waals surface area contributed by atoms with Crippen LogP contribution in [0, 0.1) is 10.8 Å². The zero-order chi connectivity index (χ0) is 14.0. The Morgan fingerprint density at radius 3 is 2.33 bits per heavy atom. The SMILES string of the molecule is CCC(C)(C(=O)NC1CCC(C)(C)CC1)C(N)=S. The Labute approximate surface area is 116 Å². The van der Waals surface area contributed by atoms with Crippen molar-refractivity contribution in [2.24, 2.45) is 16.6 Å². The second kappa shape index (κ2) is 5.55. The molecule has 1 aliphatic rings. The number of carbonyl (C=O) groups excluding carboxylic acids is 1. The first-order valence-corrected chi connectivity index (χ1v) is 7.23. The molecule has 0 aromatic heterocycles. The summed E-state index contributed by atoms with van der Waals surface area (Å²) >= 11 is 5.03. The summed E-state index contributed by atoms with van der Waals surface area (Å²) in [7, 11) is 0. The van der Waals surface area contributed by atoms with Gasteiger partial charge in [-0.25, -0.2) is 0 Å². The standard InChI is InChI=1S/C14H26N2OS/c1-5-14(4,11(15)18)12(17)16-10-6-8-13(2,3)9-7-10/h10H,5-9H2,1-4H3,(H2,15,18)(H,16,17). The smallest absolute Gasteiger partial charge is 0.232 e. The molecule has 1 amide bonds. The number of amides is 1. The lowest BCUT2D eigenvalue weighted by Gasteiger charge is -2.36. The van der Waals surface area contributed by atoms with Gasteiger partial charge in [0.1, 0.15) is 0 Å². The van der Waals surface area contributed by atoms with Crippen molar-refractivity contribution in [3.63, 3.8) is 0 Å². The molecule has 1 aliphatic carbocycles. The molecule has 0 aliphatic heterocycles. The Bertz CT molecular complexity index is 331. The summed E-state index contributed by atoms with van der Waals surface area (Å²) in [5, 5.41) is 3.12. The number of rotatable bonds is 4. The topological polar surface area (TPSA) is 55.1 Å². The van der Waals surface area contributed by atoms with Gasteiger partial charge in [-0.2, -0.15) is 0 Å². The van der Waals surface area contributed by atoms with Gasteiger partial charge < -0.3 is 11.1 Å². The largest absolute Gasteiger partial charge is 0.392 e. The lowest BCUT2D eigenvalue weighted by molar-refractivity contribution is -0.128. The van der Waals surface area contributed by atoms with Crippen molar-refractivity contribution in [1.29, 1.82) is 0 Å². The molecule has 104 valence electrons. The van der Waals surface area contributed by atoms with E-state index in [0.29, 0.717) is 16.8 Å². The van der Waals surface area contributed by atoms with Crippen LogP contribution in [0.4, 0.5) is 0 Å². The van der Waals surface area contributed by atoms with Gasteiger partial charge in [0.05, 0.1) is 10.4 Å². The summed E-state index contributed by atoms with van der Waals surface area (Å²) in [5.41, 5.74) is 5.41. The highest BCUT2D eigenvalue weighted by Crippen LogP contribution is 2.35. The summed E-state index contributed by atoms with van der Waals surface area (Å²) in [5.74, 6) is -0.0118. The van der Waals surface area contributed by atoms with E-state index in [1.54, 1.807) is 0 Å². The highest BCUT2D eigenvalue weighted by molar-refractivity contribution is 7.80. The van der Waals surface area contributed by atoms with Crippen LogP contribution in [0.15, 0.2) is 0 Å². The van der Waals surface area contributed by atoms with E-state index in [0.717, 1.165) is 25.7 Å². The van der Waals surface area contributed by atoms with Crippen LogP contribution in [0.3, 0.4) is 0 Å². The van der Waals surface area contributed by atoms with Gasteiger partial charge in [0.2, 0.25) is 5.91 Å². The van der Waals surface area contributed by atoms with Crippen molar-refractivity contribution in [2.45, 2.75) is 65.8 Å². The van der Waals surface area contributed by atoms with E-state index in [2.05, 4.69) is 19.2 Å². The summed E-state index contributed by atoms with van der Waals surface area (Å²) in [4.78, 5) is 12.6. The average molecular weight is 270 g/mol. The van der Waals surface area contributed by atoms with Crippen molar-refractivity contribution < 1.29 is 4.79 Å². The fourth-order valence-electron chi connectivity index (χ4n) is 2.33. The van der Waals surface area contributed by atoms with E-state index in [1.165, 1.54) is 0 Å². The molecule has 1 saturated carbocycles. The molecule has 3 N–H and O–H groups in total. The second-order valence-electron chi connectivity index (χ2n) is 6.46. The first kappa shape index (κ1) is 15.4. The zero-order valence-electron chi connectivity index (χ0n) is 12.0. The normalized spacial score (nSPS) is 23.1. The molecule has 0 aromatic carbocycles.